The molecule has 0 radical (unpaired) electrons. The van der Waals surface area contributed by atoms with Gasteiger partial charge in [-0.3, -0.25) is 9.59 Å². The lowest BCUT2D eigenvalue weighted by molar-refractivity contribution is -0.190. The number of hydrogen-bond acceptors (Lipinski definition) is 5. The minimum absolute atomic E-state index is 0.172. The Morgan fingerprint density at radius 2 is 1.65 bits per heavy atom. The second-order valence-corrected chi connectivity index (χ2v) is 10.7. The predicted octanol–water partition coefficient (Wildman–Crippen LogP) is 6.11. The Morgan fingerprint density at radius 3 is 2.22 bits per heavy atom. The van der Waals surface area contributed by atoms with E-state index in [1.54, 1.807) is 0 Å². The van der Waals surface area contributed by atoms with Crippen molar-refractivity contribution in [3.8, 4) is 24.7 Å². The summed E-state index contributed by atoms with van der Waals surface area (Å²) in [5.74, 6) is 3.35. The number of cyclic esters (lactones) is 1. The second kappa shape index (κ2) is 19.6. The molecule has 6 nitrogen and oxygen atoms in total. The summed E-state index contributed by atoms with van der Waals surface area (Å²) in [4.78, 5) is 36.9. The third-order valence-corrected chi connectivity index (χ3v) is 6.94. The summed E-state index contributed by atoms with van der Waals surface area (Å²) in [5.41, 5.74) is 0. The van der Waals surface area contributed by atoms with Crippen LogP contribution in [0, 0.1) is 36.5 Å². The molecule has 208 valence electrons. The second-order valence-electron chi connectivity index (χ2n) is 10.7. The Bertz CT molecular complexity index is 763. The van der Waals surface area contributed by atoms with Crippen LogP contribution in [0.15, 0.2) is 0 Å². The molecule has 4 atom stereocenters. The fourth-order valence-corrected chi connectivity index (χ4v) is 4.80. The Hall–Kier alpha value is -2.47. The molecule has 0 spiro atoms. The third-order valence-electron chi connectivity index (χ3n) is 6.94. The van der Waals surface area contributed by atoms with Gasteiger partial charge in [-0.25, -0.2) is 4.79 Å². The van der Waals surface area contributed by atoms with E-state index >= 15 is 0 Å². The molecule has 1 fully saturated rings. The van der Waals surface area contributed by atoms with Crippen LogP contribution < -0.4 is 5.32 Å². The van der Waals surface area contributed by atoms with Crippen molar-refractivity contribution in [2.45, 2.75) is 142 Å². The fraction of sp³-hybridized carbons (Fsp3) is 0.774. The lowest BCUT2D eigenvalue weighted by atomic mass is 9.86. The number of esters is 2. The highest BCUT2D eigenvalue weighted by molar-refractivity contribution is 5.95. The van der Waals surface area contributed by atoms with Crippen molar-refractivity contribution in [3.05, 3.63) is 0 Å². The molecule has 1 rings (SSSR count). The van der Waals surface area contributed by atoms with Crippen LogP contribution in [0.3, 0.4) is 0 Å². The van der Waals surface area contributed by atoms with Gasteiger partial charge in [-0.2, -0.15) is 0 Å². The number of carbonyl (C=O) groups is 3. The van der Waals surface area contributed by atoms with Crippen LogP contribution >= 0.6 is 0 Å². The van der Waals surface area contributed by atoms with Crippen molar-refractivity contribution in [1.82, 2.24) is 5.32 Å². The van der Waals surface area contributed by atoms with Gasteiger partial charge in [-0.15, -0.1) is 18.8 Å². The van der Waals surface area contributed by atoms with E-state index in [-0.39, 0.29) is 30.0 Å². The van der Waals surface area contributed by atoms with E-state index in [4.69, 9.17) is 22.3 Å². The molecule has 1 aliphatic rings. The summed E-state index contributed by atoms with van der Waals surface area (Å²) < 4.78 is 11.4. The van der Waals surface area contributed by atoms with Crippen molar-refractivity contribution in [3.63, 3.8) is 0 Å². The summed E-state index contributed by atoms with van der Waals surface area (Å²) in [6.45, 7) is 6.17. The lowest BCUT2D eigenvalue weighted by Crippen LogP contribution is -2.48. The van der Waals surface area contributed by atoms with Gasteiger partial charge in [0.1, 0.15) is 18.2 Å². The molecule has 0 aromatic rings. The fourth-order valence-electron chi connectivity index (χ4n) is 4.80. The first-order valence-corrected chi connectivity index (χ1v) is 14.4. The molecule has 1 amide bonds. The number of hydrogen-bond donors (Lipinski definition) is 1. The van der Waals surface area contributed by atoms with E-state index in [2.05, 4.69) is 18.2 Å². The maximum Gasteiger partial charge on any atom is 0.328 e. The number of rotatable bonds is 21. The van der Waals surface area contributed by atoms with Crippen LogP contribution in [-0.4, -0.2) is 36.1 Å². The molecule has 6 heteroatoms. The third kappa shape index (κ3) is 14.2. The van der Waals surface area contributed by atoms with Gasteiger partial charge in [-0.05, 0) is 43.9 Å². The van der Waals surface area contributed by atoms with E-state index in [0.29, 0.717) is 25.7 Å². The number of amides is 1. The first-order chi connectivity index (χ1) is 17.8. The molecule has 1 N–H and O–H groups in total. The Balaban J connectivity index is 2.68. The van der Waals surface area contributed by atoms with Crippen molar-refractivity contribution in [2.75, 3.05) is 0 Å². The van der Waals surface area contributed by atoms with Crippen LogP contribution in [0.5, 0.6) is 0 Å². The van der Waals surface area contributed by atoms with Crippen molar-refractivity contribution >= 4 is 17.8 Å². The van der Waals surface area contributed by atoms with E-state index in [9.17, 15) is 14.4 Å². The van der Waals surface area contributed by atoms with E-state index in [1.165, 1.54) is 38.5 Å². The molecule has 0 bridgehead atoms. The van der Waals surface area contributed by atoms with Gasteiger partial charge >= 0.3 is 11.9 Å². The summed E-state index contributed by atoms with van der Waals surface area (Å²) in [6.07, 6.45) is 25.6. The lowest BCUT2D eigenvalue weighted by Gasteiger charge is -2.37. The van der Waals surface area contributed by atoms with Crippen LogP contribution in [0.4, 0.5) is 0 Å². The maximum atomic E-state index is 13.0. The molecule has 0 saturated carbocycles. The average molecular weight is 516 g/mol. The molecule has 0 aromatic carbocycles. The molecule has 1 saturated heterocycles. The number of carbonyl (C=O) groups excluding carboxylic acids is 3. The molecular formula is C31H49NO5. The molecule has 37 heavy (non-hydrogen) atoms. The van der Waals surface area contributed by atoms with Gasteiger partial charge in [0.05, 0.1) is 5.92 Å². The van der Waals surface area contributed by atoms with Crippen molar-refractivity contribution in [2.24, 2.45) is 11.8 Å². The highest BCUT2D eigenvalue weighted by atomic mass is 16.6. The Kier molecular flexibility index (Phi) is 17.3. The van der Waals surface area contributed by atoms with Crippen molar-refractivity contribution in [1.29, 1.82) is 0 Å². The minimum atomic E-state index is -0.794. The monoisotopic (exact) mass is 515 g/mol. The zero-order valence-electron chi connectivity index (χ0n) is 23.4. The van der Waals surface area contributed by atoms with Crippen LogP contribution in [0.1, 0.15) is 124 Å². The average Bonchev–Trinajstić information content (AvgIpc) is 2.86. The summed E-state index contributed by atoms with van der Waals surface area (Å²) in [7, 11) is 0. The highest BCUT2D eigenvalue weighted by Crippen LogP contribution is 2.32. The predicted molar refractivity (Wildman–Crippen MR) is 147 cm³/mol. The molecular weight excluding hydrogens is 466 g/mol. The quantitative estimate of drug-likeness (QED) is 0.113. The van der Waals surface area contributed by atoms with Crippen LogP contribution in [0.2, 0.25) is 0 Å². The topological polar surface area (TPSA) is 81.7 Å². The zero-order chi connectivity index (χ0) is 27.5. The smallest absolute Gasteiger partial charge is 0.328 e. The SMILES string of the molecule is C#CCCCC[C@@H]1C(=O)O[C@H]1C[C@H](CCCCCCCCCCC)OC(=O)[C@H](CC(C)C)NC(=O)C#C. The van der Waals surface area contributed by atoms with E-state index in [1.807, 2.05) is 19.8 Å². The summed E-state index contributed by atoms with van der Waals surface area (Å²) >= 11 is 0. The van der Waals surface area contributed by atoms with Gasteiger partial charge in [0.15, 0.2) is 0 Å². The van der Waals surface area contributed by atoms with Gasteiger partial charge in [-0.1, -0.05) is 78.6 Å². The van der Waals surface area contributed by atoms with Crippen LogP contribution in [0.25, 0.3) is 0 Å². The van der Waals surface area contributed by atoms with Gasteiger partial charge < -0.3 is 14.8 Å². The standard InChI is InChI=1S/C31H49NO5/c1-6-9-11-13-14-15-16-17-18-20-25(23-28-26(30(34)37-28)21-19-12-10-7-2)36-31(35)27(22-24(4)5)32-29(33)8-3/h2-3,24-28H,6,9-23H2,1,4-5H3,(H,32,33)/t25-,26-,27-,28-/m0/s1. The zero-order valence-corrected chi connectivity index (χ0v) is 23.4. The normalized spacial score (nSPS) is 18.2. The molecule has 1 heterocycles. The van der Waals surface area contributed by atoms with Gasteiger partial charge in [0.25, 0.3) is 5.91 Å². The summed E-state index contributed by atoms with van der Waals surface area (Å²) in [5, 5.41) is 2.59. The van der Waals surface area contributed by atoms with E-state index in [0.717, 1.165) is 38.5 Å². The number of nitrogens with one attached hydrogen (secondary N) is 1. The highest BCUT2D eigenvalue weighted by Gasteiger charge is 2.43. The maximum absolute atomic E-state index is 13.0. The Labute approximate surface area is 225 Å². The number of unbranched alkanes of at least 4 members (excludes halogenated alkanes) is 10. The number of ether oxygens (including phenoxy) is 2. The largest absolute Gasteiger partial charge is 0.461 e. The van der Waals surface area contributed by atoms with Crippen LogP contribution in [-0.2, 0) is 23.9 Å². The molecule has 0 aromatic heterocycles. The van der Waals surface area contributed by atoms with Gasteiger partial charge in [0.2, 0.25) is 0 Å². The van der Waals surface area contributed by atoms with Gasteiger partial charge in [0, 0.05) is 12.8 Å². The minimum Gasteiger partial charge on any atom is -0.461 e. The first-order valence-electron chi connectivity index (χ1n) is 14.4. The number of terminal acetylenes is 2. The van der Waals surface area contributed by atoms with E-state index < -0.39 is 17.9 Å². The molecule has 0 unspecified atom stereocenters. The molecule has 0 aliphatic carbocycles. The summed E-state index contributed by atoms with van der Waals surface area (Å²) in [6, 6.07) is -0.794. The Morgan fingerprint density at radius 1 is 1.00 bits per heavy atom. The molecule has 1 aliphatic heterocycles. The van der Waals surface area contributed by atoms with Crippen molar-refractivity contribution < 1.29 is 23.9 Å². The first kappa shape index (κ1) is 32.6.